The molecule has 0 aliphatic carbocycles. The van der Waals surface area contributed by atoms with Gasteiger partial charge in [0.25, 0.3) is 0 Å². The molecule has 8 nitrogen and oxygen atoms in total. The van der Waals surface area contributed by atoms with Crippen molar-refractivity contribution in [3.63, 3.8) is 0 Å². The van der Waals surface area contributed by atoms with Crippen molar-refractivity contribution >= 4 is 34.3 Å². The molecule has 0 atom stereocenters. The first-order valence-electron chi connectivity index (χ1n) is 7.12. The highest BCUT2D eigenvalue weighted by molar-refractivity contribution is 7.18. The summed E-state index contributed by atoms with van der Waals surface area (Å²) < 4.78 is 5.01. The number of hydrogen-bond acceptors (Lipinski definition) is 8. The molecule has 0 saturated heterocycles. The lowest BCUT2D eigenvalue weighted by Crippen LogP contribution is -1.94. The second-order valence-corrected chi connectivity index (χ2v) is 5.66. The van der Waals surface area contributed by atoms with Gasteiger partial charge in [-0.05, 0) is 37.3 Å². The molecule has 0 unspecified atom stereocenters. The lowest BCUT2D eigenvalue weighted by Gasteiger charge is -1.96. The van der Waals surface area contributed by atoms with Crippen LogP contribution in [0, 0.1) is 10.1 Å². The molecule has 2 heterocycles. The van der Waals surface area contributed by atoms with Crippen molar-refractivity contribution in [1.82, 2.24) is 10.2 Å². The molecule has 0 saturated carbocycles. The van der Waals surface area contributed by atoms with Crippen molar-refractivity contribution < 1.29 is 9.34 Å². The van der Waals surface area contributed by atoms with Crippen LogP contribution < -0.4 is 5.32 Å². The monoisotopic (exact) mass is 343 g/mol. The van der Waals surface area contributed by atoms with Crippen molar-refractivity contribution in [3.8, 4) is 10.6 Å². The van der Waals surface area contributed by atoms with Gasteiger partial charge in [0, 0.05) is 12.1 Å². The molecule has 122 valence electrons. The molecule has 0 aliphatic heterocycles. The first-order chi connectivity index (χ1) is 11.7. The average molecular weight is 343 g/mol. The van der Waals surface area contributed by atoms with Crippen LogP contribution in [0.3, 0.4) is 0 Å². The third-order valence-corrected chi connectivity index (χ3v) is 3.93. The van der Waals surface area contributed by atoms with Crippen LogP contribution in [0.2, 0.25) is 0 Å². The minimum absolute atomic E-state index is 0.306. The molecule has 0 fully saturated rings. The van der Waals surface area contributed by atoms with Crippen LogP contribution in [0.1, 0.15) is 12.7 Å². The van der Waals surface area contributed by atoms with E-state index in [1.807, 2.05) is 31.2 Å². The Hall–Kier alpha value is -3.07. The summed E-state index contributed by atoms with van der Waals surface area (Å²) in [5.74, 6) is 0.0183. The van der Waals surface area contributed by atoms with Crippen molar-refractivity contribution in [2.45, 2.75) is 6.92 Å². The van der Waals surface area contributed by atoms with Gasteiger partial charge in [-0.25, -0.2) is 0 Å². The molecule has 0 amide bonds. The Morgan fingerprint density at radius 2 is 2.08 bits per heavy atom. The Bertz CT molecular complexity index is 869. The number of rotatable bonds is 6. The fourth-order valence-electron chi connectivity index (χ4n) is 1.90. The maximum absolute atomic E-state index is 10.6. The molecule has 0 radical (unpaired) electrons. The molecule has 2 aromatic heterocycles. The largest absolute Gasteiger partial charge is 0.433 e. The second-order valence-electron chi connectivity index (χ2n) is 4.68. The van der Waals surface area contributed by atoms with Gasteiger partial charge in [0.1, 0.15) is 9.93 Å². The molecule has 3 rings (SSSR count). The topological polar surface area (TPSA) is 106 Å². The number of benzene rings is 1. The first kappa shape index (κ1) is 15.8. The summed E-state index contributed by atoms with van der Waals surface area (Å²) >= 11 is 1.48. The van der Waals surface area contributed by atoms with Crippen LogP contribution in [0.5, 0.6) is 0 Å². The molecule has 0 bridgehead atoms. The van der Waals surface area contributed by atoms with E-state index < -0.39 is 4.92 Å². The standard InChI is InChI=1S/C15H13N5O3S/c1-2-16-15-19-18-14(24-15)10-3-5-11(6-4-10)17-9-12-7-8-13(23-12)20(21)22/h3-9H,2H2,1H3,(H,16,19). The summed E-state index contributed by atoms with van der Waals surface area (Å²) in [6.07, 6.45) is 1.44. The molecule has 0 spiro atoms. The van der Waals surface area contributed by atoms with Crippen LogP contribution in [-0.4, -0.2) is 27.9 Å². The van der Waals surface area contributed by atoms with Crippen LogP contribution in [-0.2, 0) is 0 Å². The number of hydrogen-bond donors (Lipinski definition) is 1. The maximum atomic E-state index is 10.6. The zero-order valence-electron chi connectivity index (χ0n) is 12.7. The van der Waals surface area contributed by atoms with E-state index in [9.17, 15) is 10.1 Å². The Morgan fingerprint density at radius 3 is 2.75 bits per heavy atom. The Kier molecular flexibility index (Phi) is 4.62. The van der Waals surface area contributed by atoms with Gasteiger partial charge in [0.15, 0.2) is 5.76 Å². The average Bonchev–Trinajstić information content (AvgIpc) is 3.23. The molecule has 1 N–H and O–H groups in total. The van der Waals surface area contributed by atoms with E-state index in [1.165, 1.54) is 29.7 Å². The predicted molar refractivity (Wildman–Crippen MR) is 92.1 cm³/mol. The van der Waals surface area contributed by atoms with Crippen molar-refractivity contribution in [2.75, 3.05) is 11.9 Å². The van der Waals surface area contributed by atoms with Gasteiger partial charge in [-0.1, -0.05) is 11.3 Å². The van der Waals surface area contributed by atoms with E-state index in [1.54, 1.807) is 0 Å². The highest BCUT2D eigenvalue weighted by Crippen LogP contribution is 2.27. The van der Waals surface area contributed by atoms with Crippen molar-refractivity contribution in [1.29, 1.82) is 0 Å². The Labute approximate surface area is 141 Å². The minimum atomic E-state index is -0.587. The fraction of sp³-hybridized carbons (Fsp3) is 0.133. The third-order valence-electron chi connectivity index (χ3n) is 3.00. The molecule has 3 aromatic rings. The summed E-state index contributed by atoms with van der Waals surface area (Å²) in [4.78, 5) is 14.2. The number of nitrogens with zero attached hydrogens (tertiary/aromatic N) is 4. The molecule has 0 aliphatic rings. The zero-order chi connectivity index (χ0) is 16.9. The lowest BCUT2D eigenvalue weighted by molar-refractivity contribution is -0.402. The highest BCUT2D eigenvalue weighted by atomic mass is 32.1. The summed E-state index contributed by atoms with van der Waals surface area (Å²) in [5.41, 5.74) is 1.65. The molecule has 9 heteroatoms. The van der Waals surface area contributed by atoms with E-state index in [2.05, 4.69) is 20.5 Å². The van der Waals surface area contributed by atoms with Gasteiger partial charge < -0.3 is 9.73 Å². The van der Waals surface area contributed by atoms with Crippen LogP contribution in [0.15, 0.2) is 45.8 Å². The quantitative estimate of drug-likeness (QED) is 0.413. The van der Waals surface area contributed by atoms with Crippen molar-refractivity contribution in [2.24, 2.45) is 4.99 Å². The Balaban J connectivity index is 1.71. The number of nitro groups is 1. The lowest BCUT2D eigenvalue weighted by atomic mass is 10.2. The van der Waals surface area contributed by atoms with E-state index >= 15 is 0 Å². The number of anilines is 1. The second kappa shape index (κ2) is 7.01. The highest BCUT2D eigenvalue weighted by Gasteiger charge is 2.10. The number of aromatic nitrogens is 2. The predicted octanol–water partition coefficient (Wildman–Crippen LogP) is 3.89. The fourth-order valence-corrected chi connectivity index (χ4v) is 2.72. The van der Waals surface area contributed by atoms with E-state index in [4.69, 9.17) is 4.42 Å². The van der Waals surface area contributed by atoms with Gasteiger partial charge in [-0.2, -0.15) is 0 Å². The molecule has 1 aromatic carbocycles. The summed E-state index contributed by atoms with van der Waals surface area (Å²) in [6, 6.07) is 10.2. The van der Waals surface area contributed by atoms with Gasteiger partial charge in [-0.15, -0.1) is 10.2 Å². The summed E-state index contributed by atoms with van der Waals surface area (Å²) in [5, 5.41) is 23.5. The van der Waals surface area contributed by atoms with Gasteiger partial charge in [-0.3, -0.25) is 15.1 Å². The molecular weight excluding hydrogens is 330 g/mol. The van der Waals surface area contributed by atoms with Gasteiger partial charge >= 0.3 is 5.88 Å². The summed E-state index contributed by atoms with van der Waals surface area (Å²) in [6.45, 7) is 2.80. The first-order valence-corrected chi connectivity index (χ1v) is 7.93. The number of furan rings is 1. The third kappa shape index (κ3) is 3.63. The van der Waals surface area contributed by atoms with E-state index in [0.717, 1.165) is 22.2 Å². The SMILES string of the molecule is CCNc1nnc(-c2ccc(N=Cc3ccc([N+](=O)[O-])o3)cc2)s1. The maximum Gasteiger partial charge on any atom is 0.433 e. The number of nitrogens with one attached hydrogen (secondary N) is 1. The minimum Gasteiger partial charge on any atom is -0.400 e. The van der Waals surface area contributed by atoms with Crippen LogP contribution in [0.4, 0.5) is 16.7 Å². The smallest absolute Gasteiger partial charge is 0.400 e. The normalized spacial score (nSPS) is 11.0. The van der Waals surface area contributed by atoms with Crippen LogP contribution >= 0.6 is 11.3 Å². The summed E-state index contributed by atoms with van der Waals surface area (Å²) in [7, 11) is 0. The molecular formula is C15H13N5O3S. The molecule has 24 heavy (non-hydrogen) atoms. The van der Waals surface area contributed by atoms with Crippen molar-refractivity contribution in [3.05, 3.63) is 52.3 Å². The van der Waals surface area contributed by atoms with Crippen LogP contribution in [0.25, 0.3) is 10.6 Å². The Morgan fingerprint density at radius 1 is 1.29 bits per heavy atom. The van der Waals surface area contributed by atoms with E-state index in [-0.39, 0.29) is 5.88 Å². The van der Waals surface area contributed by atoms with E-state index in [0.29, 0.717) is 11.4 Å². The zero-order valence-corrected chi connectivity index (χ0v) is 13.5. The van der Waals surface area contributed by atoms with Gasteiger partial charge in [0.2, 0.25) is 5.13 Å². The number of aliphatic imine (C=N–C) groups is 1. The van der Waals surface area contributed by atoms with Gasteiger partial charge in [0.05, 0.1) is 18.0 Å².